The van der Waals surface area contributed by atoms with Gasteiger partial charge in [-0.1, -0.05) is 31.1 Å². The van der Waals surface area contributed by atoms with Crippen LogP contribution in [-0.4, -0.2) is 13.2 Å². The average Bonchev–Trinajstić information content (AvgIpc) is 2.32. The molecule has 1 unspecified atom stereocenters. The molecule has 0 amide bonds. The summed E-state index contributed by atoms with van der Waals surface area (Å²) in [5, 5.41) is 0. The van der Waals surface area contributed by atoms with Crippen LogP contribution in [0.15, 0.2) is 23.8 Å². The normalized spacial score (nSPS) is 29.8. The highest BCUT2D eigenvalue weighted by molar-refractivity contribution is 5.12. The first kappa shape index (κ1) is 15.5. The summed E-state index contributed by atoms with van der Waals surface area (Å²) < 4.78 is 5.57. The fourth-order valence-electron chi connectivity index (χ4n) is 2.93. The van der Waals surface area contributed by atoms with Crippen LogP contribution >= 0.6 is 0 Å². The molecule has 3 atom stereocenters. The molecule has 1 rings (SSSR count). The van der Waals surface area contributed by atoms with Crippen molar-refractivity contribution in [2.45, 2.75) is 65.9 Å². The van der Waals surface area contributed by atoms with Gasteiger partial charge in [-0.15, -0.1) is 6.58 Å². The van der Waals surface area contributed by atoms with Crippen molar-refractivity contribution in [2.24, 2.45) is 11.3 Å². The summed E-state index contributed by atoms with van der Waals surface area (Å²) in [6.45, 7) is 13.0. The summed E-state index contributed by atoms with van der Waals surface area (Å²) in [7, 11) is 1.83. The van der Waals surface area contributed by atoms with E-state index in [1.165, 1.54) is 24.8 Å². The maximum atomic E-state index is 5.57. The Morgan fingerprint density at radius 2 is 2.28 bits per heavy atom. The molecule has 0 N–H and O–H groups in total. The molecule has 0 heterocycles. The summed E-state index contributed by atoms with van der Waals surface area (Å²) in [4.78, 5) is 0. The number of allylic oxidation sites excluding steroid dienone is 3. The molecule has 1 aliphatic carbocycles. The lowest BCUT2D eigenvalue weighted by Gasteiger charge is -2.43. The molecule has 18 heavy (non-hydrogen) atoms. The van der Waals surface area contributed by atoms with Gasteiger partial charge in [-0.25, -0.2) is 0 Å². The first-order chi connectivity index (χ1) is 8.40. The Kier molecular flexibility index (Phi) is 5.65. The van der Waals surface area contributed by atoms with Gasteiger partial charge in [0.25, 0.3) is 0 Å². The molecular weight excluding hydrogens is 220 g/mol. The van der Waals surface area contributed by atoms with E-state index in [1.54, 1.807) is 5.57 Å². The van der Waals surface area contributed by atoms with Gasteiger partial charge in [-0.3, -0.25) is 0 Å². The largest absolute Gasteiger partial charge is 0.381 e. The Labute approximate surface area is 113 Å². The maximum absolute atomic E-state index is 5.57. The summed E-state index contributed by atoms with van der Waals surface area (Å²) in [6, 6.07) is 0. The van der Waals surface area contributed by atoms with Crippen LogP contribution in [-0.2, 0) is 4.74 Å². The molecule has 0 saturated heterocycles. The molecule has 104 valence electrons. The maximum Gasteiger partial charge on any atom is 0.0602 e. The number of rotatable bonds is 6. The van der Waals surface area contributed by atoms with Crippen LogP contribution in [0.3, 0.4) is 0 Å². The Morgan fingerprint density at radius 1 is 1.61 bits per heavy atom. The molecule has 1 heteroatoms. The van der Waals surface area contributed by atoms with Crippen molar-refractivity contribution < 1.29 is 4.74 Å². The Hall–Kier alpha value is -0.560. The van der Waals surface area contributed by atoms with E-state index in [4.69, 9.17) is 4.74 Å². The Balaban J connectivity index is 2.56. The second kappa shape index (κ2) is 6.56. The average molecular weight is 250 g/mol. The molecule has 0 aromatic heterocycles. The van der Waals surface area contributed by atoms with Crippen molar-refractivity contribution in [3.05, 3.63) is 23.8 Å². The smallest absolute Gasteiger partial charge is 0.0602 e. The zero-order valence-electron chi connectivity index (χ0n) is 12.9. The van der Waals surface area contributed by atoms with Crippen molar-refractivity contribution in [3.8, 4) is 0 Å². The van der Waals surface area contributed by atoms with E-state index in [9.17, 15) is 0 Å². The zero-order valence-corrected chi connectivity index (χ0v) is 12.9. The molecule has 0 aromatic rings. The highest BCUT2D eigenvalue weighted by Crippen LogP contribution is 2.44. The quantitative estimate of drug-likeness (QED) is 0.594. The molecule has 0 aromatic carbocycles. The lowest BCUT2D eigenvalue weighted by Crippen LogP contribution is -2.39. The molecule has 1 aliphatic rings. The summed E-state index contributed by atoms with van der Waals surface area (Å²) in [6.07, 6.45) is 8.86. The third-order valence-electron chi connectivity index (χ3n) is 4.91. The van der Waals surface area contributed by atoms with Gasteiger partial charge in [0, 0.05) is 7.11 Å². The minimum Gasteiger partial charge on any atom is -0.381 e. The first-order valence-electron chi connectivity index (χ1n) is 7.25. The Morgan fingerprint density at radius 3 is 2.78 bits per heavy atom. The second-order valence-corrected chi connectivity index (χ2v) is 6.37. The van der Waals surface area contributed by atoms with Crippen LogP contribution in [0.4, 0.5) is 0 Å². The lowest BCUT2D eigenvalue weighted by molar-refractivity contribution is -0.0240. The standard InChI is InChI=1S/C17H30O/c1-13(2)8-7-9-16-10-11-17(5,14(3)12-16)15(4)18-6/h10,14-15H,1,7-9,11-12H2,2-6H3/t14-,15?,17-/m1/s1. The van der Waals surface area contributed by atoms with Crippen molar-refractivity contribution in [1.82, 2.24) is 0 Å². The van der Waals surface area contributed by atoms with Crippen LogP contribution in [0.2, 0.25) is 0 Å². The van der Waals surface area contributed by atoms with Crippen LogP contribution in [0.1, 0.15) is 59.8 Å². The molecule has 0 spiro atoms. The van der Waals surface area contributed by atoms with Gasteiger partial charge in [0.15, 0.2) is 0 Å². The van der Waals surface area contributed by atoms with Crippen LogP contribution < -0.4 is 0 Å². The molecule has 0 saturated carbocycles. The molecule has 0 fully saturated rings. The van der Waals surface area contributed by atoms with Crippen molar-refractivity contribution in [3.63, 3.8) is 0 Å². The monoisotopic (exact) mass is 250 g/mol. The van der Waals surface area contributed by atoms with Crippen LogP contribution in [0.25, 0.3) is 0 Å². The summed E-state index contributed by atoms with van der Waals surface area (Å²) >= 11 is 0. The number of hydrogen-bond donors (Lipinski definition) is 0. The Bertz CT molecular complexity index is 316. The number of hydrogen-bond acceptors (Lipinski definition) is 1. The topological polar surface area (TPSA) is 9.23 Å². The minimum atomic E-state index is 0.298. The van der Waals surface area contributed by atoms with E-state index in [2.05, 4.69) is 40.3 Å². The van der Waals surface area contributed by atoms with Gasteiger partial charge in [0.05, 0.1) is 6.10 Å². The zero-order chi connectivity index (χ0) is 13.8. The van der Waals surface area contributed by atoms with E-state index >= 15 is 0 Å². The van der Waals surface area contributed by atoms with Gasteiger partial charge in [-0.2, -0.15) is 0 Å². The third kappa shape index (κ3) is 3.71. The highest BCUT2D eigenvalue weighted by atomic mass is 16.5. The van der Waals surface area contributed by atoms with Crippen molar-refractivity contribution in [1.29, 1.82) is 0 Å². The van der Waals surface area contributed by atoms with Gasteiger partial charge < -0.3 is 4.74 Å². The lowest BCUT2D eigenvalue weighted by atomic mass is 9.65. The highest BCUT2D eigenvalue weighted by Gasteiger charge is 2.38. The molecule has 1 nitrogen and oxygen atoms in total. The summed E-state index contributed by atoms with van der Waals surface area (Å²) in [5.74, 6) is 0.706. The SMILES string of the molecule is C=C(C)CCCC1=CC[C@@](C)(C(C)OC)[C@H](C)C1. The molecular formula is C17H30O. The van der Waals surface area contributed by atoms with Gasteiger partial charge in [0.1, 0.15) is 0 Å². The fourth-order valence-corrected chi connectivity index (χ4v) is 2.93. The van der Waals surface area contributed by atoms with Crippen molar-refractivity contribution >= 4 is 0 Å². The van der Waals surface area contributed by atoms with Crippen molar-refractivity contribution in [2.75, 3.05) is 7.11 Å². The van der Waals surface area contributed by atoms with Gasteiger partial charge in [-0.05, 0) is 57.3 Å². The molecule has 0 bridgehead atoms. The van der Waals surface area contributed by atoms with Gasteiger partial charge in [0.2, 0.25) is 0 Å². The van der Waals surface area contributed by atoms with E-state index in [1.807, 2.05) is 7.11 Å². The van der Waals surface area contributed by atoms with E-state index in [-0.39, 0.29) is 0 Å². The van der Waals surface area contributed by atoms with E-state index in [0.29, 0.717) is 17.4 Å². The van der Waals surface area contributed by atoms with Gasteiger partial charge >= 0.3 is 0 Å². The third-order valence-corrected chi connectivity index (χ3v) is 4.91. The van der Waals surface area contributed by atoms with E-state index < -0.39 is 0 Å². The fraction of sp³-hybridized carbons (Fsp3) is 0.765. The number of methoxy groups -OCH3 is 1. The first-order valence-corrected chi connectivity index (χ1v) is 7.25. The predicted octanol–water partition coefficient (Wildman–Crippen LogP) is 5.13. The molecule has 0 radical (unpaired) electrons. The van der Waals surface area contributed by atoms with Crippen LogP contribution in [0.5, 0.6) is 0 Å². The van der Waals surface area contributed by atoms with Crippen LogP contribution in [0, 0.1) is 11.3 Å². The second-order valence-electron chi connectivity index (χ2n) is 6.37. The predicted molar refractivity (Wildman–Crippen MR) is 79.7 cm³/mol. The minimum absolute atomic E-state index is 0.298. The number of ether oxygens (including phenoxy) is 1. The summed E-state index contributed by atoms with van der Waals surface area (Å²) in [5.41, 5.74) is 3.24. The van der Waals surface area contributed by atoms with E-state index in [0.717, 1.165) is 12.8 Å². The molecule has 0 aliphatic heterocycles.